The Morgan fingerprint density at radius 2 is 2.10 bits per heavy atom. The smallest absolute Gasteiger partial charge is 0.0776 e. The maximum Gasteiger partial charge on any atom is 0.0776 e. The van der Waals surface area contributed by atoms with Gasteiger partial charge in [-0.25, -0.2) is 0 Å². The van der Waals surface area contributed by atoms with Gasteiger partial charge in [0, 0.05) is 0 Å². The molecule has 0 aromatic heterocycles. The van der Waals surface area contributed by atoms with E-state index in [1.807, 2.05) is 6.92 Å². The first-order valence-corrected chi connectivity index (χ1v) is 3.64. The highest BCUT2D eigenvalue weighted by molar-refractivity contribution is 4.96. The first-order chi connectivity index (χ1) is 4.54. The minimum atomic E-state index is -0.587. The summed E-state index contributed by atoms with van der Waals surface area (Å²) in [5, 5.41) is 17.9. The van der Waals surface area contributed by atoms with Crippen molar-refractivity contribution >= 4 is 0 Å². The standard InChI is InChI=1S/C8H15NO/c1-4-5-7(10)8(2,3)6-9/h7,10H,4-5H2,1-3H3/t7-/m0/s1. The normalized spacial score (nSPS) is 14.3. The first kappa shape index (κ1) is 9.45. The number of nitriles is 1. The maximum atomic E-state index is 9.35. The molecule has 0 saturated heterocycles. The fraction of sp³-hybridized carbons (Fsp3) is 0.875. The van der Waals surface area contributed by atoms with Crippen molar-refractivity contribution in [1.82, 2.24) is 0 Å². The van der Waals surface area contributed by atoms with E-state index in [0.29, 0.717) is 6.42 Å². The fourth-order valence-electron chi connectivity index (χ4n) is 0.709. The van der Waals surface area contributed by atoms with E-state index in [4.69, 9.17) is 5.26 Å². The summed E-state index contributed by atoms with van der Waals surface area (Å²) in [6, 6.07) is 2.08. The van der Waals surface area contributed by atoms with Gasteiger partial charge in [-0.3, -0.25) is 0 Å². The lowest BCUT2D eigenvalue weighted by molar-refractivity contribution is 0.0778. The maximum absolute atomic E-state index is 9.35. The zero-order valence-electron chi connectivity index (χ0n) is 6.89. The van der Waals surface area contributed by atoms with Crippen LogP contribution in [-0.2, 0) is 0 Å². The molecule has 0 saturated carbocycles. The zero-order valence-corrected chi connectivity index (χ0v) is 6.89. The molecular formula is C8H15NO. The molecule has 0 bridgehead atoms. The Kier molecular flexibility index (Phi) is 3.38. The first-order valence-electron chi connectivity index (χ1n) is 3.64. The van der Waals surface area contributed by atoms with Gasteiger partial charge in [0.25, 0.3) is 0 Å². The third-order valence-corrected chi connectivity index (χ3v) is 1.68. The molecule has 0 radical (unpaired) electrons. The van der Waals surface area contributed by atoms with Crippen molar-refractivity contribution in [2.45, 2.75) is 39.7 Å². The summed E-state index contributed by atoms with van der Waals surface area (Å²) in [5.74, 6) is 0. The van der Waals surface area contributed by atoms with Crippen LogP contribution in [0, 0.1) is 16.7 Å². The molecule has 0 fully saturated rings. The number of nitrogens with zero attached hydrogens (tertiary/aromatic N) is 1. The number of aliphatic hydroxyl groups is 1. The largest absolute Gasteiger partial charge is 0.391 e. The summed E-state index contributed by atoms with van der Waals surface area (Å²) in [7, 11) is 0. The van der Waals surface area contributed by atoms with Gasteiger partial charge in [-0.1, -0.05) is 13.3 Å². The van der Waals surface area contributed by atoms with Crippen LogP contribution in [0.2, 0.25) is 0 Å². The van der Waals surface area contributed by atoms with E-state index in [9.17, 15) is 5.11 Å². The second-order valence-corrected chi connectivity index (χ2v) is 3.14. The van der Waals surface area contributed by atoms with Gasteiger partial charge in [0.15, 0.2) is 0 Å². The Bertz CT molecular complexity index is 135. The highest BCUT2D eigenvalue weighted by Crippen LogP contribution is 2.22. The Hall–Kier alpha value is -0.550. The molecule has 58 valence electrons. The summed E-state index contributed by atoms with van der Waals surface area (Å²) < 4.78 is 0. The van der Waals surface area contributed by atoms with Crippen LogP contribution in [0.15, 0.2) is 0 Å². The van der Waals surface area contributed by atoms with E-state index in [1.54, 1.807) is 13.8 Å². The van der Waals surface area contributed by atoms with Crippen LogP contribution >= 0.6 is 0 Å². The quantitative estimate of drug-likeness (QED) is 0.650. The molecule has 2 heteroatoms. The van der Waals surface area contributed by atoms with E-state index in [-0.39, 0.29) is 0 Å². The van der Waals surface area contributed by atoms with Gasteiger partial charge in [-0.05, 0) is 20.3 Å². The third kappa shape index (κ3) is 2.36. The van der Waals surface area contributed by atoms with Crippen molar-refractivity contribution in [3.63, 3.8) is 0 Å². The lowest BCUT2D eigenvalue weighted by atomic mass is 9.86. The predicted octanol–water partition coefficient (Wildman–Crippen LogP) is 1.70. The number of hydrogen-bond acceptors (Lipinski definition) is 2. The molecule has 0 aliphatic rings. The molecule has 2 nitrogen and oxygen atoms in total. The summed E-state index contributed by atoms with van der Waals surface area (Å²) in [4.78, 5) is 0. The monoisotopic (exact) mass is 141 g/mol. The van der Waals surface area contributed by atoms with Gasteiger partial charge in [0.05, 0.1) is 17.6 Å². The second-order valence-electron chi connectivity index (χ2n) is 3.14. The molecule has 0 spiro atoms. The number of hydrogen-bond donors (Lipinski definition) is 1. The molecule has 1 N–H and O–H groups in total. The van der Waals surface area contributed by atoms with Crippen molar-refractivity contribution < 1.29 is 5.11 Å². The SMILES string of the molecule is CCC[C@H](O)C(C)(C)C#N. The molecule has 0 heterocycles. The molecule has 0 aromatic carbocycles. The molecule has 0 aliphatic carbocycles. The molecule has 0 rings (SSSR count). The lowest BCUT2D eigenvalue weighted by Crippen LogP contribution is -2.27. The van der Waals surface area contributed by atoms with Crippen molar-refractivity contribution in [2.75, 3.05) is 0 Å². The average Bonchev–Trinajstić information content (AvgIpc) is 1.89. The Labute approximate surface area is 62.5 Å². The summed E-state index contributed by atoms with van der Waals surface area (Å²) in [6.45, 7) is 5.51. The van der Waals surface area contributed by atoms with E-state index >= 15 is 0 Å². The number of rotatable bonds is 3. The number of aliphatic hydroxyl groups excluding tert-OH is 1. The predicted molar refractivity (Wildman–Crippen MR) is 40.3 cm³/mol. The van der Waals surface area contributed by atoms with E-state index < -0.39 is 11.5 Å². The van der Waals surface area contributed by atoms with Gasteiger partial charge in [0.1, 0.15) is 0 Å². The van der Waals surface area contributed by atoms with Crippen LogP contribution in [0.3, 0.4) is 0 Å². The average molecular weight is 141 g/mol. The summed E-state index contributed by atoms with van der Waals surface area (Å²) >= 11 is 0. The van der Waals surface area contributed by atoms with E-state index in [0.717, 1.165) is 6.42 Å². The zero-order chi connectivity index (χ0) is 8.20. The van der Waals surface area contributed by atoms with Crippen molar-refractivity contribution in [1.29, 1.82) is 5.26 Å². The molecule has 10 heavy (non-hydrogen) atoms. The minimum Gasteiger partial charge on any atom is -0.391 e. The topological polar surface area (TPSA) is 44.0 Å². The van der Waals surface area contributed by atoms with Crippen LogP contribution in [0.5, 0.6) is 0 Å². The van der Waals surface area contributed by atoms with Gasteiger partial charge in [0.2, 0.25) is 0 Å². The molecule has 0 amide bonds. The van der Waals surface area contributed by atoms with E-state index in [1.165, 1.54) is 0 Å². The van der Waals surface area contributed by atoms with Crippen LogP contribution in [0.4, 0.5) is 0 Å². The van der Waals surface area contributed by atoms with Gasteiger partial charge in [-0.2, -0.15) is 5.26 Å². The van der Waals surface area contributed by atoms with Crippen LogP contribution in [-0.4, -0.2) is 11.2 Å². The summed E-state index contributed by atoms with van der Waals surface area (Å²) in [6.07, 6.45) is 1.15. The molecule has 0 aromatic rings. The Morgan fingerprint density at radius 3 is 2.40 bits per heavy atom. The molecule has 0 aliphatic heterocycles. The molecule has 1 atom stereocenters. The van der Waals surface area contributed by atoms with Crippen LogP contribution in [0.25, 0.3) is 0 Å². The highest BCUT2D eigenvalue weighted by atomic mass is 16.3. The van der Waals surface area contributed by atoms with Gasteiger partial charge >= 0.3 is 0 Å². The Balaban J connectivity index is 3.94. The highest BCUT2D eigenvalue weighted by Gasteiger charge is 2.26. The van der Waals surface area contributed by atoms with Crippen LogP contribution < -0.4 is 0 Å². The van der Waals surface area contributed by atoms with Crippen LogP contribution in [0.1, 0.15) is 33.6 Å². The lowest BCUT2D eigenvalue weighted by Gasteiger charge is -2.21. The van der Waals surface area contributed by atoms with E-state index in [2.05, 4.69) is 6.07 Å². The van der Waals surface area contributed by atoms with Gasteiger partial charge in [-0.15, -0.1) is 0 Å². The Morgan fingerprint density at radius 1 is 1.60 bits per heavy atom. The van der Waals surface area contributed by atoms with Crippen molar-refractivity contribution in [3.05, 3.63) is 0 Å². The summed E-state index contributed by atoms with van der Waals surface area (Å²) in [5.41, 5.74) is -0.587. The molecular weight excluding hydrogens is 126 g/mol. The van der Waals surface area contributed by atoms with Crippen molar-refractivity contribution in [2.24, 2.45) is 5.41 Å². The van der Waals surface area contributed by atoms with Crippen molar-refractivity contribution in [3.8, 4) is 6.07 Å². The minimum absolute atomic E-state index is 0.484. The second kappa shape index (κ2) is 3.58. The molecule has 0 unspecified atom stereocenters. The van der Waals surface area contributed by atoms with Gasteiger partial charge < -0.3 is 5.11 Å². The fourth-order valence-corrected chi connectivity index (χ4v) is 0.709. The third-order valence-electron chi connectivity index (χ3n) is 1.68.